The van der Waals surface area contributed by atoms with Crippen molar-refractivity contribution in [3.05, 3.63) is 0 Å². The van der Waals surface area contributed by atoms with Gasteiger partial charge >= 0.3 is 6.09 Å². The molecule has 0 aromatic heterocycles. The van der Waals surface area contributed by atoms with Crippen LogP contribution in [0.3, 0.4) is 0 Å². The number of carbonyl (C=O) groups excluding carboxylic acids is 1. The van der Waals surface area contributed by atoms with E-state index in [9.17, 15) is 9.90 Å². The van der Waals surface area contributed by atoms with Gasteiger partial charge in [0.05, 0.1) is 0 Å². The predicted octanol–water partition coefficient (Wildman–Crippen LogP) is 2.78. The molecule has 0 aliphatic heterocycles. The number of hydrogen-bond donors (Lipinski definition) is 3. The van der Waals surface area contributed by atoms with Crippen molar-refractivity contribution >= 4 is 6.09 Å². The van der Waals surface area contributed by atoms with Crippen molar-refractivity contribution in [2.75, 3.05) is 26.2 Å². The number of rotatable bonds is 8. The van der Waals surface area contributed by atoms with Crippen molar-refractivity contribution in [3.63, 3.8) is 0 Å². The molecule has 0 heterocycles. The Labute approximate surface area is 141 Å². The van der Waals surface area contributed by atoms with Gasteiger partial charge in [-0.25, -0.2) is 4.79 Å². The smallest absolute Gasteiger partial charge is 0.407 e. The van der Waals surface area contributed by atoms with Crippen LogP contribution in [-0.4, -0.2) is 43.0 Å². The van der Waals surface area contributed by atoms with Crippen LogP contribution in [0.2, 0.25) is 0 Å². The normalized spacial score (nSPS) is 23.1. The van der Waals surface area contributed by atoms with E-state index in [1.165, 1.54) is 12.8 Å². The SMILES string of the molecule is CC(C)C(CNCC1CCCC1CO)CNC(=O)OC(C)(C)C. The largest absolute Gasteiger partial charge is 0.444 e. The molecule has 0 radical (unpaired) electrons. The van der Waals surface area contributed by atoms with Crippen LogP contribution in [0.25, 0.3) is 0 Å². The maximum absolute atomic E-state index is 11.8. The van der Waals surface area contributed by atoms with E-state index in [0.29, 0.717) is 36.8 Å². The van der Waals surface area contributed by atoms with E-state index in [1.807, 2.05) is 20.8 Å². The van der Waals surface area contributed by atoms with E-state index in [2.05, 4.69) is 24.5 Å². The maximum atomic E-state index is 11.8. The molecule has 5 heteroatoms. The van der Waals surface area contributed by atoms with Crippen LogP contribution in [0.1, 0.15) is 53.9 Å². The Morgan fingerprint density at radius 3 is 2.43 bits per heavy atom. The highest BCUT2D eigenvalue weighted by atomic mass is 16.6. The molecule has 1 fully saturated rings. The average Bonchev–Trinajstić information content (AvgIpc) is 2.87. The molecule has 23 heavy (non-hydrogen) atoms. The summed E-state index contributed by atoms with van der Waals surface area (Å²) >= 11 is 0. The molecular formula is C18H36N2O3. The highest BCUT2D eigenvalue weighted by Crippen LogP contribution is 2.30. The first-order valence-corrected chi connectivity index (χ1v) is 9.01. The van der Waals surface area contributed by atoms with Crippen LogP contribution in [0.15, 0.2) is 0 Å². The summed E-state index contributed by atoms with van der Waals surface area (Å²) in [4.78, 5) is 11.8. The fourth-order valence-corrected chi connectivity index (χ4v) is 3.15. The fourth-order valence-electron chi connectivity index (χ4n) is 3.15. The van der Waals surface area contributed by atoms with Crippen LogP contribution < -0.4 is 10.6 Å². The lowest BCUT2D eigenvalue weighted by atomic mass is 9.94. The molecule has 3 unspecified atom stereocenters. The van der Waals surface area contributed by atoms with Crippen molar-refractivity contribution in [2.24, 2.45) is 23.7 Å². The molecule has 3 atom stereocenters. The number of ether oxygens (including phenoxy) is 1. The lowest BCUT2D eigenvalue weighted by molar-refractivity contribution is 0.0514. The second-order valence-corrected chi connectivity index (χ2v) is 8.18. The van der Waals surface area contributed by atoms with Gasteiger partial charge in [-0.15, -0.1) is 0 Å². The van der Waals surface area contributed by atoms with Gasteiger partial charge in [0.25, 0.3) is 0 Å². The summed E-state index contributed by atoms with van der Waals surface area (Å²) < 4.78 is 5.28. The first-order valence-electron chi connectivity index (χ1n) is 9.01. The number of aliphatic hydroxyl groups is 1. The van der Waals surface area contributed by atoms with Crippen molar-refractivity contribution in [3.8, 4) is 0 Å². The molecule has 1 aliphatic rings. The lowest BCUT2D eigenvalue weighted by Crippen LogP contribution is -2.40. The molecule has 0 aromatic carbocycles. The Hall–Kier alpha value is -0.810. The summed E-state index contributed by atoms with van der Waals surface area (Å²) in [5.41, 5.74) is -0.461. The van der Waals surface area contributed by atoms with E-state index < -0.39 is 5.60 Å². The first kappa shape index (κ1) is 20.2. The van der Waals surface area contributed by atoms with E-state index in [4.69, 9.17) is 4.74 Å². The molecule has 0 saturated heterocycles. The minimum atomic E-state index is -0.461. The van der Waals surface area contributed by atoms with Gasteiger partial charge in [-0.05, 0) is 70.4 Å². The molecule has 3 N–H and O–H groups in total. The Morgan fingerprint density at radius 2 is 1.87 bits per heavy atom. The molecule has 1 aliphatic carbocycles. The molecule has 0 aromatic rings. The summed E-state index contributed by atoms with van der Waals surface area (Å²) in [5.74, 6) is 1.90. The van der Waals surface area contributed by atoms with Crippen LogP contribution in [-0.2, 0) is 4.74 Å². The third-order valence-electron chi connectivity index (χ3n) is 4.71. The zero-order chi connectivity index (χ0) is 17.5. The average molecular weight is 328 g/mol. The third-order valence-corrected chi connectivity index (χ3v) is 4.71. The quantitative estimate of drug-likeness (QED) is 0.641. The molecule has 1 rings (SSSR count). The number of alkyl carbamates (subject to hydrolysis) is 1. The highest BCUT2D eigenvalue weighted by molar-refractivity contribution is 5.67. The van der Waals surface area contributed by atoms with Crippen LogP contribution in [0.4, 0.5) is 4.79 Å². The van der Waals surface area contributed by atoms with E-state index in [0.717, 1.165) is 19.5 Å². The molecule has 1 saturated carbocycles. The van der Waals surface area contributed by atoms with E-state index in [1.54, 1.807) is 0 Å². The Kier molecular flexibility index (Phi) is 8.34. The Balaban J connectivity index is 2.30. The molecule has 136 valence electrons. The van der Waals surface area contributed by atoms with Crippen molar-refractivity contribution in [2.45, 2.75) is 59.5 Å². The zero-order valence-corrected chi connectivity index (χ0v) is 15.5. The minimum Gasteiger partial charge on any atom is -0.444 e. The van der Waals surface area contributed by atoms with Crippen LogP contribution in [0.5, 0.6) is 0 Å². The number of aliphatic hydroxyl groups excluding tert-OH is 1. The van der Waals surface area contributed by atoms with Gasteiger partial charge < -0.3 is 20.5 Å². The minimum absolute atomic E-state index is 0.306. The molecular weight excluding hydrogens is 292 g/mol. The number of amides is 1. The van der Waals surface area contributed by atoms with E-state index in [-0.39, 0.29) is 6.09 Å². The predicted molar refractivity (Wildman–Crippen MR) is 93.4 cm³/mol. The van der Waals surface area contributed by atoms with Crippen LogP contribution >= 0.6 is 0 Å². The van der Waals surface area contributed by atoms with Gasteiger partial charge in [-0.2, -0.15) is 0 Å². The maximum Gasteiger partial charge on any atom is 0.407 e. The van der Waals surface area contributed by atoms with Gasteiger partial charge in [-0.3, -0.25) is 0 Å². The second kappa shape index (κ2) is 9.48. The summed E-state index contributed by atoms with van der Waals surface area (Å²) in [7, 11) is 0. The van der Waals surface area contributed by atoms with Crippen molar-refractivity contribution in [1.29, 1.82) is 0 Å². The Bertz CT molecular complexity index is 353. The summed E-state index contributed by atoms with van der Waals surface area (Å²) in [5, 5.41) is 15.8. The monoisotopic (exact) mass is 328 g/mol. The second-order valence-electron chi connectivity index (χ2n) is 8.18. The molecule has 0 bridgehead atoms. The van der Waals surface area contributed by atoms with Crippen LogP contribution in [0, 0.1) is 23.7 Å². The van der Waals surface area contributed by atoms with Gasteiger partial charge in [0.1, 0.15) is 5.60 Å². The third kappa shape index (κ3) is 8.02. The summed E-state index contributed by atoms with van der Waals surface area (Å²) in [6, 6.07) is 0. The highest BCUT2D eigenvalue weighted by Gasteiger charge is 2.26. The summed E-state index contributed by atoms with van der Waals surface area (Å²) in [6.45, 7) is 12.7. The standard InChI is InChI=1S/C18H36N2O3/c1-13(2)16(11-20-17(22)23-18(3,4)5)10-19-9-14-7-6-8-15(14)12-21/h13-16,19,21H,6-12H2,1-5H3,(H,20,22). The zero-order valence-electron chi connectivity index (χ0n) is 15.5. The fraction of sp³-hybridized carbons (Fsp3) is 0.944. The molecule has 5 nitrogen and oxygen atoms in total. The van der Waals surface area contributed by atoms with Gasteiger partial charge in [0, 0.05) is 13.2 Å². The molecule has 0 spiro atoms. The lowest BCUT2D eigenvalue weighted by Gasteiger charge is -2.25. The number of hydrogen-bond acceptors (Lipinski definition) is 4. The topological polar surface area (TPSA) is 70.6 Å². The Morgan fingerprint density at radius 1 is 1.22 bits per heavy atom. The first-order chi connectivity index (χ1) is 10.7. The van der Waals surface area contributed by atoms with Crippen molar-refractivity contribution < 1.29 is 14.6 Å². The summed E-state index contributed by atoms with van der Waals surface area (Å²) in [6.07, 6.45) is 3.24. The van der Waals surface area contributed by atoms with Crippen molar-refractivity contribution in [1.82, 2.24) is 10.6 Å². The van der Waals surface area contributed by atoms with Gasteiger partial charge in [0.15, 0.2) is 0 Å². The number of nitrogens with one attached hydrogen (secondary N) is 2. The van der Waals surface area contributed by atoms with Gasteiger partial charge in [-0.1, -0.05) is 20.3 Å². The van der Waals surface area contributed by atoms with E-state index >= 15 is 0 Å². The number of carbonyl (C=O) groups is 1. The molecule has 1 amide bonds. The van der Waals surface area contributed by atoms with Gasteiger partial charge in [0.2, 0.25) is 0 Å².